The van der Waals surface area contributed by atoms with E-state index in [0.29, 0.717) is 11.8 Å². The van der Waals surface area contributed by atoms with Crippen molar-refractivity contribution in [3.8, 4) is 0 Å². The van der Waals surface area contributed by atoms with Gasteiger partial charge in [-0.15, -0.1) is 0 Å². The molecule has 3 nitrogen and oxygen atoms in total. The van der Waals surface area contributed by atoms with Gasteiger partial charge in [0.1, 0.15) is 0 Å². The summed E-state index contributed by atoms with van der Waals surface area (Å²) in [4.78, 5) is 0. The molecule has 3 unspecified atom stereocenters. The minimum absolute atomic E-state index is 0.0984. The van der Waals surface area contributed by atoms with Crippen LogP contribution in [-0.2, 0) is 14.3 Å². The molecule has 0 N–H and O–H groups in total. The molecule has 0 saturated heterocycles. The van der Waals surface area contributed by atoms with Crippen molar-refractivity contribution in [2.24, 2.45) is 11.8 Å². The lowest BCUT2D eigenvalue weighted by Gasteiger charge is -2.32. The highest BCUT2D eigenvalue weighted by molar-refractivity contribution is 7.86. The molecule has 0 radical (unpaired) electrons. The molecule has 0 aromatic carbocycles. The first kappa shape index (κ1) is 11.0. The van der Waals surface area contributed by atoms with Crippen LogP contribution in [0.4, 0.5) is 0 Å². The van der Waals surface area contributed by atoms with Crippen LogP contribution in [0.25, 0.3) is 0 Å². The first-order chi connectivity index (χ1) is 5.90. The highest BCUT2D eigenvalue weighted by Crippen LogP contribution is 2.32. The lowest BCUT2D eigenvalue weighted by molar-refractivity contribution is 0.0758. The molecule has 1 fully saturated rings. The molecule has 0 aliphatic heterocycles. The Morgan fingerprint density at radius 3 is 2.38 bits per heavy atom. The predicted octanol–water partition coefficient (Wildman–Crippen LogP) is 1.79. The summed E-state index contributed by atoms with van der Waals surface area (Å²) in [5, 5.41) is 0. The van der Waals surface area contributed by atoms with Crippen LogP contribution in [-0.4, -0.2) is 20.8 Å². The summed E-state index contributed by atoms with van der Waals surface area (Å²) in [5.41, 5.74) is 0. The summed E-state index contributed by atoms with van der Waals surface area (Å²) < 4.78 is 26.9. The van der Waals surface area contributed by atoms with E-state index in [2.05, 4.69) is 13.8 Å². The summed E-state index contributed by atoms with van der Waals surface area (Å²) in [5.74, 6) is 0.920. The zero-order chi connectivity index (χ0) is 10.1. The monoisotopic (exact) mass is 206 g/mol. The Morgan fingerprint density at radius 1 is 1.23 bits per heavy atom. The van der Waals surface area contributed by atoms with Gasteiger partial charge < -0.3 is 0 Å². The van der Waals surface area contributed by atoms with E-state index in [0.717, 1.165) is 19.1 Å². The Balaban J connectivity index is 2.59. The van der Waals surface area contributed by atoms with Gasteiger partial charge in [0.2, 0.25) is 0 Å². The number of hydrogen-bond donors (Lipinski definition) is 0. The molecule has 1 aliphatic carbocycles. The summed E-state index contributed by atoms with van der Waals surface area (Å²) in [6, 6.07) is 0. The molecule has 0 heterocycles. The largest absolute Gasteiger partial charge is 0.267 e. The Morgan fingerprint density at radius 2 is 1.85 bits per heavy atom. The van der Waals surface area contributed by atoms with Crippen LogP contribution in [0.1, 0.15) is 33.1 Å². The van der Waals surface area contributed by atoms with Gasteiger partial charge in [0, 0.05) is 0 Å². The quantitative estimate of drug-likeness (QED) is 0.647. The molecule has 13 heavy (non-hydrogen) atoms. The van der Waals surface area contributed by atoms with Gasteiger partial charge in [-0.05, 0) is 18.3 Å². The Hall–Kier alpha value is -0.0900. The summed E-state index contributed by atoms with van der Waals surface area (Å²) >= 11 is 0. The fraction of sp³-hybridized carbons (Fsp3) is 1.00. The van der Waals surface area contributed by atoms with Crippen molar-refractivity contribution in [2.75, 3.05) is 6.26 Å². The molecule has 0 aromatic heterocycles. The molecule has 1 aliphatic rings. The molecule has 0 aromatic rings. The van der Waals surface area contributed by atoms with Crippen molar-refractivity contribution < 1.29 is 12.6 Å². The van der Waals surface area contributed by atoms with Crippen molar-refractivity contribution in [3.05, 3.63) is 0 Å². The van der Waals surface area contributed by atoms with E-state index in [9.17, 15) is 8.42 Å². The van der Waals surface area contributed by atoms with E-state index >= 15 is 0 Å². The highest BCUT2D eigenvalue weighted by atomic mass is 32.2. The smallest absolute Gasteiger partial charge is 0.264 e. The van der Waals surface area contributed by atoms with E-state index in [4.69, 9.17) is 4.18 Å². The maximum absolute atomic E-state index is 10.9. The molecule has 1 rings (SSSR count). The SMILES string of the molecule is CC1CCCC(OS(C)(=O)=O)C1C. The maximum Gasteiger partial charge on any atom is 0.264 e. The zero-order valence-corrected chi connectivity index (χ0v) is 9.30. The van der Waals surface area contributed by atoms with Crippen molar-refractivity contribution in [2.45, 2.75) is 39.2 Å². The van der Waals surface area contributed by atoms with Gasteiger partial charge in [-0.25, -0.2) is 0 Å². The van der Waals surface area contributed by atoms with Gasteiger partial charge in [-0.2, -0.15) is 8.42 Å². The lowest BCUT2D eigenvalue weighted by Crippen LogP contribution is -2.32. The minimum Gasteiger partial charge on any atom is -0.267 e. The van der Waals surface area contributed by atoms with Gasteiger partial charge in [-0.1, -0.05) is 26.7 Å². The van der Waals surface area contributed by atoms with Crippen LogP contribution >= 0.6 is 0 Å². The van der Waals surface area contributed by atoms with E-state index in [1.165, 1.54) is 6.42 Å². The second-order valence-electron chi connectivity index (χ2n) is 4.11. The van der Waals surface area contributed by atoms with Crippen LogP contribution in [0.2, 0.25) is 0 Å². The van der Waals surface area contributed by atoms with Crippen molar-refractivity contribution in [1.82, 2.24) is 0 Å². The molecule has 0 amide bonds. The van der Waals surface area contributed by atoms with E-state index in [1.807, 2.05) is 0 Å². The summed E-state index contributed by atoms with van der Waals surface area (Å²) in [6.07, 6.45) is 4.16. The molecule has 0 bridgehead atoms. The third kappa shape index (κ3) is 3.27. The van der Waals surface area contributed by atoms with Gasteiger partial charge in [0.25, 0.3) is 10.1 Å². The van der Waals surface area contributed by atoms with Gasteiger partial charge in [-0.3, -0.25) is 4.18 Å². The molecule has 0 spiro atoms. The number of hydrogen-bond acceptors (Lipinski definition) is 3. The van der Waals surface area contributed by atoms with Crippen LogP contribution in [0, 0.1) is 11.8 Å². The average molecular weight is 206 g/mol. The topological polar surface area (TPSA) is 43.4 Å². The molecular weight excluding hydrogens is 188 g/mol. The van der Waals surface area contributed by atoms with Crippen LogP contribution < -0.4 is 0 Å². The Kier molecular flexibility index (Phi) is 3.35. The molecule has 78 valence electrons. The first-order valence-corrected chi connectivity index (χ1v) is 6.60. The molecular formula is C9H18O3S. The normalized spacial score (nSPS) is 36.1. The third-order valence-electron chi connectivity index (χ3n) is 2.93. The van der Waals surface area contributed by atoms with E-state index < -0.39 is 10.1 Å². The summed E-state index contributed by atoms with van der Waals surface area (Å²) in [6.45, 7) is 4.22. The van der Waals surface area contributed by atoms with Crippen molar-refractivity contribution in [1.29, 1.82) is 0 Å². The van der Waals surface area contributed by atoms with Crippen molar-refractivity contribution >= 4 is 10.1 Å². The van der Waals surface area contributed by atoms with Gasteiger partial charge in [0.15, 0.2) is 0 Å². The summed E-state index contributed by atoms with van der Waals surface area (Å²) in [7, 11) is -3.28. The minimum atomic E-state index is -3.28. The molecule has 3 atom stereocenters. The van der Waals surface area contributed by atoms with Gasteiger partial charge >= 0.3 is 0 Å². The van der Waals surface area contributed by atoms with E-state index in [1.54, 1.807) is 0 Å². The van der Waals surface area contributed by atoms with E-state index in [-0.39, 0.29) is 6.10 Å². The fourth-order valence-electron chi connectivity index (χ4n) is 1.89. The van der Waals surface area contributed by atoms with Crippen LogP contribution in [0.15, 0.2) is 0 Å². The zero-order valence-electron chi connectivity index (χ0n) is 8.49. The molecule has 4 heteroatoms. The second-order valence-corrected chi connectivity index (χ2v) is 5.71. The standard InChI is InChI=1S/C9H18O3S/c1-7-5-4-6-9(8(7)2)12-13(3,10)11/h7-9H,4-6H2,1-3H3. The van der Waals surface area contributed by atoms with Gasteiger partial charge in [0.05, 0.1) is 12.4 Å². The maximum atomic E-state index is 10.9. The fourth-order valence-corrected chi connectivity index (χ4v) is 2.61. The lowest BCUT2D eigenvalue weighted by atomic mass is 9.80. The van der Waals surface area contributed by atoms with Crippen molar-refractivity contribution in [3.63, 3.8) is 0 Å². The Bertz CT molecular complexity index is 258. The average Bonchev–Trinajstić information content (AvgIpc) is 1.96. The first-order valence-electron chi connectivity index (χ1n) is 4.78. The Labute approximate surface area is 80.6 Å². The number of rotatable bonds is 2. The third-order valence-corrected chi connectivity index (χ3v) is 3.53. The van der Waals surface area contributed by atoms with Crippen LogP contribution in [0.5, 0.6) is 0 Å². The molecule has 1 saturated carbocycles. The second kappa shape index (κ2) is 3.96. The highest BCUT2D eigenvalue weighted by Gasteiger charge is 2.30. The predicted molar refractivity (Wildman–Crippen MR) is 51.9 cm³/mol. The van der Waals surface area contributed by atoms with Crippen LogP contribution in [0.3, 0.4) is 0 Å².